The smallest absolute Gasteiger partial charge is 0.194 e. The normalized spacial score (nSPS) is 17.9. The molecule has 0 saturated carbocycles. The van der Waals surface area contributed by atoms with Crippen LogP contribution in [0.5, 0.6) is 0 Å². The first-order chi connectivity index (χ1) is 11.2. The number of unbranched alkanes of at least 4 members (excludes halogenated alkanes) is 1. The Morgan fingerprint density at radius 1 is 1.42 bits per heavy atom. The van der Waals surface area contributed by atoms with Gasteiger partial charge in [-0.2, -0.15) is 0 Å². The van der Waals surface area contributed by atoms with Gasteiger partial charge in [0.15, 0.2) is 11.8 Å². The van der Waals surface area contributed by atoms with Gasteiger partial charge >= 0.3 is 0 Å². The topological polar surface area (TPSA) is 67.6 Å². The highest BCUT2D eigenvalue weighted by Gasteiger charge is 2.24. The fraction of sp³-hybridized carbons (Fsp3) is 0.812. The number of methoxy groups -OCH3 is 1. The fourth-order valence-electron chi connectivity index (χ4n) is 2.78. The summed E-state index contributed by atoms with van der Waals surface area (Å²) in [7, 11) is 3.75. The highest BCUT2D eigenvalue weighted by Crippen LogP contribution is 2.16. The molecule has 0 spiro atoms. The van der Waals surface area contributed by atoms with Gasteiger partial charge in [0.2, 0.25) is 0 Å². The molecule has 1 fully saturated rings. The number of ether oxygens (including phenoxy) is 1. The highest BCUT2D eigenvalue weighted by atomic mass is 127. The van der Waals surface area contributed by atoms with E-state index < -0.39 is 0 Å². The van der Waals surface area contributed by atoms with Crippen LogP contribution in [0.25, 0.3) is 0 Å². The van der Waals surface area contributed by atoms with Crippen LogP contribution < -0.4 is 5.32 Å². The quantitative estimate of drug-likeness (QED) is 0.298. The van der Waals surface area contributed by atoms with Gasteiger partial charge in [-0.1, -0.05) is 13.3 Å². The Morgan fingerprint density at radius 3 is 2.83 bits per heavy atom. The van der Waals surface area contributed by atoms with Crippen molar-refractivity contribution in [3.05, 3.63) is 11.6 Å². The molecule has 0 amide bonds. The second kappa shape index (κ2) is 10.9. The lowest BCUT2D eigenvalue weighted by Crippen LogP contribution is -2.40. The Morgan fingerprint density at radius 2 is 2.21 bits per heavy atom. The molecule has 24 heavy (non-hydrogen) atoms. The van der Waals surface area contributed by atoms with Crippen LogP contribution in [0, 0.1) is 12.8 Å². The number of hydrogen-bond donors (Lipinski definition) is 1. The second-order valence-corrected chi connectivity index (χ2v) is 6.20. The van der Waals surface area contributed by atoms with Crippen molar-refractivity contribution in [2.24, 2.45) is 18.0 Å². The Bertz CT molecular complexity index is 519. The maximum Gasteiger partial charge on any atom is 0.194 e. The summed E-state index contributed by atoms with van der Waals surface area (Å²) < 4.78 is 7.28. The third-order valence-corrected chi connectivity index (χ3v) is 4.35. The first-order valence-electron chi connectivity index (χ1n) is 8.52. The van der Waals surface area contributed by atoms with Crippen molar-refractivity contribution in [3.63, 3.8) is 0 Å². The van der Waals surface area contributed by atoms with Crippen molar-refractivity contribution >= 4 is 29.9 Å². The van der Waals surface area contributed by atoms with Crippen molar-refractivity contribution < 1.29 is 4.74 Å². The number of aliphatic imine (C=N–C) groups is 1. The van der Waals surface area contributed by atoms with Crippen LogP contribution in [0.15, 0.2) is 4.99 Å². The predicted molar refractivity (Wildman–Crippen MR) is 107 cm³/mol. The molecule has 1 unspecified atom stereocenters. The molecule has 2 heterocycles. The standard InChI is InChI=1S/C16H30N6O.HI/c1-5-6-8-17-16(22-9-7-14(11-22)12-23-4)18-10-15-20-19-13(2)21(15)3;/h14H,5-12H2,1-4H3,(H,17,18);1H. The van der Waals surface area contributed by atoms with Crippen molar-refractivity contribution in [3.8, 4) is 0 Å². The summed E-state index contributed by atoms with van der Waals surface area (Å²) in [6, 6.07) is 0. The Kier molecular flexibility index (Phi) is 9.57. The summed E-state index contributed by atoms with van der Waals surface area (Å²) in [6.45, 7) is 8.52. The van der Waals surface area contributed by atoms with Gasteiger partial charge in [0.1, 0.15) is 12.4 Å². The molecule has 1 atom stereocenters. The molecule has 0 aliphatic carbocycles. The average Bonchev–Trinajstić information content (AvgIpc) is 3.12. The zero-order chi connectivity index (χ0) is 16.7. The lowest BCUT2D eigenvalue weighted by atomic mass is 10.1. The first-order valence-corrected chi connectivity index (χ1v) is 8.52. The summed E-state index contributed by atoms with van der Waals surface area (Å²) in [6.07, 6.45) is 3.48. The molecule has 1 saturated heterocycles. The summed E-state index contributed by atoms with van der Waals surface area (Å²) in [5, 5.41) is 11.8. The third kappa shape index (κ3) is 5.87. The number of nitrogens with zero attached hydrogens (tertiary/aromatic N) is 5. The van der Waals surface area contributed by atoms with E-state index in [1.54, 1.807) is 7.11 Å². The minimum Gasteiger partial charge on any atom is -0.384 e. The molecular formula is C16H31IN6O. The zero-order valence-corrected chi connectivity index (χ0v) is 17.6. The molecule has 0 radical (unpaired) electrons. The van der Waals surface area contributed by atoms with Crippen LogP contribution in [0.3, 0.4) is 0 Å². The number of hydrogen-bond acceptors (Lipinski definition) is 4. The van der Waals surface area contributed by atoms with E-state index in [4.69, 9.17) is 9.73 Å². The van der Waals surface area contributed by atoms with E-state index in [-0.39, 0.29) is 24.0 Å². The predicted octanol–water partition coefficient (Wildman–Crippen LogP) is 1.96. The van der Waals surface area contributed by atoms with Crippen LogP contribution in [0.2, 0.25) is 0 Å². The zero-order valence-electron chi connectivity index (χ0n) is 15.3. The van der Waals surface area contributed by atoms with E-state index in [9.17, 15) is 0 Å². The van der Waals surface area contributed by atoms with Crippen molar-refractivity contribution in [1.82, 2.24) is 25.0 Å². The van der Waals surface area contributed by atoms with Gasteiger partial charge in [0.05, 0.1) is 6.61 Å². The molecule has 2 rings (SSSR count). The Balaban J connectivity index is 0.00000288. The second-order valence-electron chi connectivity index (χ2n) is 6.20. The lowest BCUT2D eigenvalue weighted by Gasteiger charge is -2.22. The van der Waals surface area contributed by atoms with Crippen molar-refractivity contribution in [1.29, 1.82) is 0 Å². The van der Waals surface area contributed by atoms with Crippen LogP contribution >= 0.6 is 24.0 Å². The molecule has 1 aromatic heterocycles. The molecule has 1 aliphatic rings. The van der Waals surface area contributed by atoms with E-state index in [0.29, 0.717) is 12.5 Å². The molecule has 1 aromatic rings. The SMILES string of the molecule is CCCCNC(=NCc1nnc(C)n1C)N1CCC(COC)C1.I. The molecular weight excluding hydrogens is 419 g/mol. The van der Waals surface area contributed by atoms with E-state index in [1.807, 2.05) is 18.5 Å². The number of aryl methyl sites for hydroxylation is 1. The molecule has 7 nitrogen and oxygen atoms in total. The van der Waals surface area contributed by atoms with Crippen LogP contribution in [-0.2, 0) is 18.3 Å². The summed E-state index contributed by atoms with van der Waals surface area (Å²) in [4.78, 5) is 7.12. The first kappa shape index (κ1) is 21.1. The van der Waals surface area contributed by atoms with E-state index in [0.717, 1.165) is 56.7 Å². The van der Waals surface area contributed by atoms with Gasteiger partial charge < -0.3 is 19.5 Å². The number of aromatic nitrogens is 3. The van der Waals surface area contributed by atoms with Gasteiger partial charge in [0.25, 0.3) is 0 Å². The molecule has 0 bridgehead atoms. The number of nitrogens with one attached hydrogen (secondary N) is 1. The van der Waals surface area contributed by atoms with E-state index in [1.165, 1.54) is 6.42 Å². The van der Waals surface area contributed by atoms with Crippen LogP contribution in [0.4, 0.5) is 0 Å². The van der Waals surface area contributed by atoms with Crippen LogP contribution in [0.1, 0.15) is 37.8 Å². The van der Waals surface area contributed by atoms with Gasteiger partial charge in [-0.15, -0.1) is 34.2 Å². The van der Waals surface area contributed by atoms with Gasteiger partial charge in [-0.25, -0.2) is 4.99 Å². The molecule has 138 valence electrons. The lowest BCUT2D eigenvalue weighted by molar-refractivity contribution is 0.157. The third-order valence-electron chi connectivity index (χ3n) is 4.35. The van der Waals surface area contributed by atoms with E-state index >= 15 is 0 Å². The van der Waals surface area contributed by atoms with Gasteiger partial charge in [0, 0.05) is 39.7 Å². The average molecular weight is 450 g/mol. The number of likely N-dealkylation sites (tertiary alicyclic amines) is 1. The molecule has 1 N–H and O–H groups in total. The summed E-state index contributed by atoms with van der Waals surface area (Å²) >= 11 is 0. The van der Waals surface area contributed by atoms with Crippen molar-refractivity contribution in [2.45, 2.75) is 39.7 Å². The molecule has 1 aliphatic heterocycles. The maximum atomic E-state index is 5.29. The van der Waals surface area contributed by atoms with Crippen LogP contribution in [-0.4, -0.2) is 59.0 Å². The monoisotopic (exact) mass is 450 g/mol. The van der Waals surface area contributed by atoms with Crippen molar-refractivity contribution in [2.75, 3.05) is 33.4 Å². The molecule has 8 heteroatoms. The number of guanidine groups is 1. The minimum absolute atomic E-state index is 0. The fourth-order valence-corrected chi connectivity index (χ4v) is 2.78. The Labute approximate surface area is 162 Å². The summed E-state index contributed by atoms with van der Waals surface area (Å²) in [5.41, 5.74) is 0. The van der Waals surface area contributed by atoms with Gasteiger partial charge in [-0.05, 0) is 19.8 Å². The number of rotatable bonds is 7. The van der Waals surface area contributed by atoms with E-state index in [2.05, 4.69) is 27.3 Å². The molecule has 0 aromatic carbocycles. The number of halogens is 1. The largest absolute Gasteiger partial charge is 0.384 e. The van der Waals surface area contributed by atoms with Gasteiger partial charge in [-0.3, -0.25) is 0 Å². The maximum absolute atomic E-state index is 5.29. The minimum atomic E-state index is 0. The highest BCUT2D eigenvalue weighted by molar-refractivity contribution is 14.0. The Hall–Kier alpha value is -0.900. The summed E-state index contributed by atoms with van der Waals surface area (Å²) in [5.74, 6) is 3.38.